The summed E-state index contributed by atoms with van der Waals surface area (Å²) in [4.78, 5) is 11.6. The number of nitrogens with zero attached hydrogens (tertiary/aromatic N) is 3. The van der Waals surface area contributed by atoms with Crippen molar-refractivity contribution < 1.29 is 0 Å². The highest BCUT2D eigenvalue weighted by atomic mass is 15.3. The molecule has 1 fully saturated rings. The Labute approximate surface area is 85.9 Å². The van der Waals surface area contributed by atoms with Crippen LogP contribution in [0.1, 0.15) is 33.6 Å². The van der Waals surface area contributed by atoms with Crippen molar-refractivity contribution in [3.8, 4) is 0 Å². The third-order valence-electron chi connectivity index (χ3n) is 3.37. The number of likely N-dealkylation sites (tertiary alicyclic amines) is 1. The van der Waals surface area contributed by atoms with E-state index in [2.05, 4.69) is 35.7 Å². The molecule has 2 unspecified atom stereocenters. The van der Waals surface area contributed by atoms with Gasteiger partial charge in [0.2, 0.25) is 5.96 Å². The van der Waals surface area contributed by atoms with E-state index in [0.717, 1.165) is 19.0 Å². The zero-order chi connectivity index (χ0) is 10.1. The highest BCUT2D eigenvalue weighted by molar-refractivity contribution is 5.99. The third kappa shape index (κ3) is 1.68. The minimum atomic E-state index is 0.392. The van der Waals surface area contributed by atoms with Crippen LogP contribution in [0.3, 0.4) is 0 Å². The van der Waals surface area contributed by atoms with Crippen LogP contribution in [-0.4, -0.2) is 35.7 Å². The number of guanidine groups is 1. The van der Waals surface area contributed by atoms with Crippen molar-refractivity contribution in [2.75, 3.05) is 13.1 Å². The van der Waals surface area contributed by atoms with Gasteiger partial charge in [0.25, 0.3) is 0 Å². The lowest BCUT2D eigenvalue weighted by atomic mass is 9.98. The van der Waals surface area contributed by atoms with Crippen LogP contribution in [0.5, 0.6) is 0 Å². The molecule has 0 radical (unpaired) electrons. The van der Waals surface area contributed by atoms with E-state index in [1.54, 1.807) is 0 Å². The summed E-state index contributed by atoms with van der Waals surface area (Å²) in [5.74, 6) is 1.48. The maximum absolute atomic E-state index is 4.65. The van der Waals surface area contributed by atoms with Gasteiger partial charge in [0.1, 0.15) is 0 Å². The molecule has 0 bridgehead atoms. The van der Waals surface area contributed by atoms with Gasteiger partial charge in [-0.05, 0) is 26.7 Å². The summed E-state index contributed by atoms with van der Waals surface area (Å²) in [5.41, 5.74) is 1.23. The zero-order valence-corrected chi connectivity index (χ0v) is 9.32. The van der Waals surface area contributed by atoms with E-state index in [1.807, 2.05) is 0 Å². The van der Waals surface area contributed by atoms with Gasteiger partial charge in [-0.3, -0.25) is 0 Å². The molecule has 14 heavy (non-hydrogen) atoms. The molecule has 78 valence electrons. The monoisotopic (exact) mass is 193 g/mol. The Hall–Kier alpha value is -0.860. The van der Waals surface area contributed by atoms with Gasteiger partial charge >= 0.3 is 0 Å². The largest absolute Gasteiger partial charge is 0.341 e. The van der Waals surface area contributed by atoms with Crippen LogP contribution in [0.4, 0.5) is 0 Å². The number of hydrogen-bond acceptors (Lipinski definition) is 3. The summed E-state index contributed by atoms with van der Waals surface area (Å²) in [6.45, 7) is 8.77. The average molecular weight is 193 g/mol. The van der Waals surface area contributed by atoms with E-state index < -0.39 is 0 Å². The summed E-state index contributed by atoms with van der Waals surface area (Å²) in [6, 6.07) is 0.392. The van der Waals surface area contributed by atoms with Crippen LogP contribution >= 0.6 is 0 Å². The predicted molar refractivity (Wildman–Crippen MR) is 60.0 cm³/mol. The van der Waals surface area contributed by atoms with E-state index in [-0.39, 0.29) is 0 Å². The molecule has 0 aromatic carbocycles. The van der Waals surface area contributed by atoms with Gasteiger partial charge in [-0.1, -0.05) is 6.92 Å². The summed E-state index contributed by atoms with van der Waals surface area (Å²) in [5, 5.41) is 0. The number of hydrogen-bond donors (Lipinski definition) is 0. The smallest absolute Gasteiger partial charge is 0.220 e. The SMILES string of the molecule is CC1=NC(N2CCCC2)=NC(C)C1C. The maximum Gasteiger partial charge on any atom is 0.220 e. The lowest BCUT2D eigenvalue weighted by Crippen LogP contribution is -2.34. The van der Waals surface area contributed by atoms with Crippen molar-refractivity contribution in [1.82, 2.24) is 4.90 Å². The van der Waals surface area contributed by atoms with Gasteiger partial charge in [0, 0.05) is 24.7 Å². The highest BCUT2D eigenvalue weighted by Gasteiger charge is 2.24. The second-order valence-corrected chi connectivity index (χ2v) is 4.41. The van der Waals surface area contributed by atoms with Crippen LogP contribution in [0.15, 0.2) is 9.98 Å². The van der Waals surface area contributed by atoms with Crippen molar-refractivity contribution in [2.45, 2.75) is 39.7 Å². The predicted octanol–water partition coefficient (Wildman–Crippen LogP) is 1.94. The van der Waals surface area contributed by atoms with Gasteiger partial charge in [0.05, 0.1) is 6.04 Å². The lowest BCUT2D eigenvalue weighted by Gasteiger charge is -2.26. The Morgan fingerprint density at radius 1 is 1.21 bits per heavy atom. The van der Waals surface area contributed by atoms with Crippen LogP contribution in [0.2, 0.25) is 0 Å². The summed E-state index contributed by atoms with van der Waals surface area (Å²) in [6.07, 6.45) is 2.58. The first-order valence-electron chi connectivity index (χ1n) is 5.56. The number of rotatable bonds is 0. The highest BCUT2D eigenvalue weighted by Crippen LogP contribution is 2.18. The first-order valence-corrected chi connectivity index (χ1v) is 5.56. The lowest BCUT2D eigenvalue weighted by molar-refractivity contribution is 0.490. The van der Waals surface area contributed by atoms with Gasteiger partial charge in [0.15, 0.2) is 0 Å². The van der Waals surface area contributed by atoms with Crippen LogP contribution in [0, 0.1) is 5.92 Å². The van der Waals surface area contributed by atoms with Crippen molar-refractivity contribution >= 4 is 11.7 Å². The average Bonchev–Trinajstić information content (AvgIpc) is 2.66. The molecule has 0 N–H and O–H groups in total. The Bertz CT molecular complexity index is 274. The van der Waals surface area contributed by atoms with Gasteiger partial charge in [-0.15, -0.1) is 0 Å². The standard InChI is InChI=1S/C11H19N3/c1-8-9(2)12-11(13-10(8)3)14-6-4-5-7-14/h8-9H,4-7H2,1-3H3. The van der Waals surface area contributed by atoms with Gasteiger partial charge < -0.3 is 4.90 Å². The summed E-state index contributed by atoms with van der Waals surface area (Å²) < 4.78 is 0. The Morgan fingerprint density at radius 2 is 1.86 bits per heavy atom. The third-order valence-corrected chi connectivity index (χ3v) is 3.37. The van der Waals surface area contributed by atoms with E-state index in [9.17, 15) is 0 Å². The molecule has 1 saturated heterocycles. The molecule has 3 nitrogen and oxygen atoms in total. The van der Waals surface area contributed by atoms with Crippen molar-refractivity contribution in [2.24, 2.45) is 15.9 Å². The summed E-state index contributed by atoms with van der Waals surface area (Å²) >= 11 is 0. The molecule has 0 aliphatic carbocycles. The molecule has 0 amide bonds. The Kier molecular flexibility index (Phi) is 2.57. The van der Waals surface area contributed by atoms with E-state index >= 15 is 0 Å². The normalized spacial score (nSPS) is 32.9. The molecule has 2 aliphatic rings. The zero-order valence-electron chi connectivity index (χ0n) is 9.32. The van der Waals surface area contributed by atoms with E-state index in [0.29, 0.717) is 12.0 Å². The van der Waals surface area contributed by atoms with E-state index in [1.165, 1.54) is 18.6 Å². The second-order valence-electron chi connectivity index (χ2n) is 4.41. The topological polar surface area (TPSA) is 28.0 Å². The number of aliphatic imine (C=N–C) groups is 2. The minimum absolute atomic E-state index is 0.392. The molecule has 3 heteroatoms. The Morgan fingerprint density at radius 3 is 2.43 bits per heavy atom. The maximum atomic E-state index is 4.65. The molecular weight excluding hydrogens is 174 g/mol. The van der Waals surface area contributed by atoms with Crippen LogP contribution in [-0.2, 0) is 0 Å². The fraction of sp³-hybridized carbons (Fsp3) is 0.818. The quantitative estimate of drug-likeness (QED) is 0.578. The molecule has 2 aliphatic heterocycles. The first kappa shape index (κ1) is 9.69. The molecule has 0 spiro atoms. The fourth-order valence-corrected chi connectivity index (χ4v) is 2.00. The van der Waals surface area contributed by atoms with Crippen molar-refractivity contribution in [1.29, 1.82) is 0 Å². The minimum Gasteiger partial charge on any atom is -0.341 e. The van der Waals surface area contributed by atoms with Gasteiger partial charge in [-0.2, -0.15) is 0 Å². The second kappa shape index (κ2) is 3.71. The van der Waals surface area contributed by atoms with Crippen LogP contribution in [0.25, 0.3) is 0 Å². The van der Waals surface area contributed by atoms with Crippen molar-refractivity contribution in [3.05, 3.63) is 0 Å². The Balaban J connectivity index is 2.16. The van der Waals surface area contributed by atoms with Gasteiger partial charge in [-0.25, -0.2) is 9.98 Å². The molecule has 2 atom stereocenters. The molecule has 0 aromatic heterocycles. The summed E-state index contributed by atoms with van der Waals surface area (Å²) in [7, 11) is 0. The van der Waals surface area contributed by atoms with E-state index in [4.69, 9.17) is 0 Å². The fourth-order valence-electron chi connectivity index (χ4n) is 2.00. The first-order chi connectivity index (χ1) is 6.68. The molecular formula is C11H19N3. The molecule has 0 saturated carbocycles. The van der Waals surface area contributed by atoms with Crippen LogP contribution < -0.4 is 0 Å². The molecule has 0 aromatic rings. The molecule has 2 heterocycles. The molecule has 2 rings (SSSR count). The van der Waals surface area contributed by atoms with Crippen molar-refractivity contribution in [3.63, 3.8) is 0 Å².